The molecule has 2 aliphatic carbocycles. The molecule has 0 fully saturated rings. The van der Waals surface area contributed by atoms with Gasteiger partial charge in [0.05, 0.1) is 5.41 Å². The molecule has 0 radical (unpaired) electrons. The molecule has 0 saturated heterocycles. The van der Waals surface area contributed by atoms with Crippen molar-refractivity contribution >= 4 is 17.3 Å². The summed E-state index contributed by atoms with van der Waals surface area (Å²) >= 11 is 0. The van der Waals surface area contributed by atoms with E-state index in [-0.39, 0.29) is 5.41 Å². The van der Waals surface area contributed by atoms with Gasteiger partial charge in [0, 0.05) is 5.69 Å². The van der Waals surface area contributed by atoms with Crippen molar-refractivity contribution in [3.05, 3.63) is 125 Å². The Morgan fingerprint density at radius 2 is 1.07 bits per heavy atom. The van der Waals surface area contributed by atoms with Crippen LogP contribution in [-0.2, 0) is 5.41 Å². The molecule has 1 spiro atoms. The highest BCUT2D eigenvalue weighted by Crippen LogP contribution is 2.62. The smallest absolute Gasteiger partial charge is 0.0725 e. The first-order chi connectivity index (χ1) is 13.8. The average Bonchev–Trinajstić information content (AvgIpc) is 3.25. The van der Waals surface area contributed by atoms with Gasteiger partial charge in [-0.3, -0.25) is 0 Å². The van der Waals surface area contributed by atoms with Gasteiger partial charge in [-0.2, -0.15) is 0 Å². The lowest BCUT2D eigenvalue weighted by atomic mass is 9.68. The molecule has 0 saturated carbocycles. The molecule has 4 aromatic carbocycles. The van der Waals surface area contributed by atoms with E-state index in [1.54, 1.807) is 0 Å². The maximum Gasteiger partial charge on any atom is 0.0725 e. The number of hydrogen-bond donors (Lipinski definition) is 1. The zero-order valence-electron chi connectivity index (χ0n) is 15.4. The van der Waals surface area contributed by atoms with Crippen molar-refractivity contribution in [2.45, 2.75) is 5.41 Å². The van der Waals surface area contributed by atoms with E-state index in [1.807, 2.05) is 12.1 Å². The summed E-state index contributed by atoms with van der Waals surface area (Å²) in [6.07, 6.45) is 2.36. The molecule has 0 aliphatic heterocycles. The predicted octanol–water partition coefficient (Wildman–Crippen LogP) is 6.14. The van der Waals surface area contributed by atoms with Crippen LogP contribution in [0, 0.1) is 0 Å². The van der Waals surface area contributed by atoms with Gasteiger partial charge < -0.3 is 5.73 Å². The van der Waals surface area contributed by atoms with E-state index in [0.29, 0.717) is 0 Å². The molecule has 1 heteroatoms. The van der Waals surface area contributed by atoms with Gasteiger partial charge >= 0.3 is 0 Å². The minimum Gasteiger partial charge on any atom is -0.399 e. The van der Waals surface area contributed by atoms with Gasteiger partial charge in [0.1, 0.15) is 0 Å². The van der Waals surface area contributed by atoms with E-state index in [9.17, 15) is 0 Å². The summed E-state index contributed by atoms with van der Waals surface area (Å²) in [5.74, 6) is 0. The number of nitrogens with two attached hydrogens (primary N) is 1. The summed E-state index contributed by atoms with van der Waals surface area (Å²) in [5, 5.41) is 0. The molecule has 132 valence electrons. The van der Waals surface area contributed by atoms with Crippen LogP contribution in [0.1, 0.15) is 27.8 Å². The first kappa shape index (κ1) is 15.5. The van der Waals surface area contributed by atoms with Crippen molar-refractivity contribution in [3.8, 4) is 11.1 Å². The van der Waals surface area contributed by atoms with Crippen LogP contribution >= 0.6 is 0 Å². The van der Waals surface area contributed by atoms with Crippen LogP contribution < -0.4 is 5.73 Å². The molecule has 1 nitrogen and oxygen atoms in total. The lowest BCUT2D eigenvalue weighted by molar-refractivity contribution is 0.842. The van der Waals surface area contributed by atoms with Crippen LogP contribution in [0.15, 0.2) is 97.1 Å². The van der Waals surface area contributed by atoms with E-state index in [1.165, 1.54) is 44.5 Å². The summed E-state index contributed by atoms with van der Waals surface area (Å²) < 4.78 is 0. The summed E-state index contributed by atoms with van der Waals surface area (Å²) in [6, 6.07) is 34.8. The Balaban J connectivity index is 1.77. The fraction of sp³-hybridized carbons (Fsp3) is 0.0370. The van der Waals surface area contributed by atoms with Crippen LogP contribution in [0.3, 0.4) is 0 Å². The zero-order valence-corrected chi connectivity index (χ0v) is 15.4. The molecular formula is C27H19N. The maximum absolute atomic E-state index is 5.99. The Kier molecular flexibility index (Phi) is 3.02. The topological polar surface area (TPSA) is 26.0 Å². The van der Waals surface area contributed by atoms with Crippen molar-refractivity contribution in [2.75, 3.05) is 5.73 Å². The Morgan fingerprint density at radius 1 is 0.536 bits per heavy atom. The normalized spacial score (nSPS) is 15.1. The van der Waals surface area contributed by atoms with Crippen molar-refractivity contribution in [2.24, 2.45) is 0 Å². The highest BCUT2D eigenvalue weighted by molar-refractivity contribution is 6.05. The molecule has 0 bridgehead atoms. The van der Waals surface area contributed by atoms with E-state index >= 15 is 0 Å². The summed E-state index contributed by atoms with van der Waals surface area (Å²) in [6.45, 7) is 0. The van der Waals surface area contributed by atoms with Crippen LogP contribution in [0.25, 0.3) is 22.8 Å². The molecule has 28 heavy (non-hydrogen) atoms. The minimum atomic E-state index is -0.278. The fourth-order valence-electron chi connectivity index (χ4n) is 5.15. The molecule has 2 N–H and O–H groups in total. The second-order valence-electron chi connectivity index (χ2n) is 7.61. The fourth-order valence-corrected chi connectivity index (χ4v) is 5.15. The second-order valence-corrected chi connectivity index (χ2v) is 7.61. The molecule has 0 atom stereocenters. The Morgan fingerprint density at radius 3 is 1.71 bits per heavy atom. The largest absolute Gasteiger partial charge is 0.399 e. The third-order valence-electron chi connectivity index (χ3n) is 6.24. The van der Waals surface area contributed by atoms with Crippen LogP contribution in [0.2, 0.25) is 0 Å². The Bertz CT molecular complexity index is 1220. The third kappa shape index (κ3) is 1.81. The van der Waals surface area contributed by atoms with Crippen molar-refractivity contribution in [1.82, 2.24) is 0 Å². The third-order valence-corrected chi connectivity index (χ3v) is 6.24. The first-order valence-corrected chi connectivity index (χ1v) is 9.67. The predicted molar refractivity (Wildman–Crippen MR) is 117 cm³/mol. The molecular weight excluding hydrogens is 338 g/mol. The van der Waals surface area contributed by atoms with Gasteiger partial charge in [-0.05, 0) is 62.7 Å². The van der Waals surface area contributed by atoms with Gasteiger partial charge in [-0.15, -0.1) is 0 Å². The Hall–Kier alpha value is -3.58. The number of allylic oxidation sites excluding steroid dienone is 1. The molecule has 2 aliphatic rings. The molecule has 0 unspecified atom stereocenters. The molecule has 0 amide bonds. The number of hydrogen-bond acceptors (Lipinski definition) is 1. The zero-order chi connectivity index (χ0) is 18.7. The lowest BCUT2D eigenvalue weighted by Crippen LogP contribution is -2.26. The number of nitrogen functional groups attached to an aromatic ring is 1. The summed E-state index contributed by atoms with van der Waals surface area (Å²) in [5.41, 5.74) is 17.1. The molecule has 6 rings (SSSR count). The van der Waals surface area contributed by atoms with E-state index < -0.39 is 0 Å². The number of fused-ring (bicyclic) bond motifs is 7. The van der Waals surface area contributed by atoms with Gasteiger partial charge in [-0.1, -0.05) is 84.9 Å². The van der Waals surface area contributed by atoms with E-state index in [0.717, 1.165) is 5.69 Å². The highest BCUT2D eigenvalue weighted by Gasteiger charge is 2.50. The van der Waals surface area contributed by atoms with E-state index in [4.69, 9.17) is 5.73 Å². The highest BCUT2D eigenvalue weighted by atomic mass is 14.5. The monoisotopic (exact) mass is 357 g/mol. The maximum atomic E-state index is 5.99. The van der Waals surface area contributed by atoms with Gasteiger partial charge in [0.2, 0.25) is 0 Å². The molecule has 0 heterocycles. The number of rotatable bonds is 1. The van der Waals surface area contributed by atoms with Crippen LogP contribution in [0.5, 0.6) is 0 Å². The molecule has 0 aromatic heterocycles. The second kappa shape index (κ2) is 5.46. The van der Waals surface area contributed by atoms with Gasteiger partial charge in [0.15, 0.2) is 0 Å². The first-order valence-electron chi connectivity index (χ1n) is 9.67. The van der Waals surface area contributed by atoms with Crippen molar-refractivity contribution in [1.29, 1.82) is 0 Å². The summed E-state index contributed by atoms with van der Waals surface area (Å²) in [7, 11) is 0. The van der Waals surface area contributed by atoms with Crippen molar-refractivity contribution in [3.63, 3.8) is 0 Å². The van der Waals surface area contributed by atoms with Crippen molar-refractivity contribution < 1.29 is 0 Å². The number of benzene rings is 4. The standard InChI is InChI=1S/C27H19N/c28-20-15-13-18(14-16-20)26-17-19-7-1-4-10-23(19)27(26)24-11-5-2-8-21(24)22-9-3-6-12-25(22)27/h1-17H,28H2. The summed E-state index contributed by atoms with van der Waals surface area (Å²) in [4.78, 5) is 0. The SMILES string of the molecule is Nc1ccc(C2=Cc3ccccc3C23c2ccccc2-c2ccccc23)cc1. The van der Waals surface area contributed by atoms with Crippen LogP contribution in [-0.4, -0.2) is 0 Å². The lowest BCUT2D eigenvalue weighted by Gasteiger charge is -2.33. The average molecular weight is 357 g/mol. The van der Waals surface area contributed by atoms with E-state index in [2.05, 4.69) is 91.0 Å². The quantitative estimate of drug-likeness (QED) is 0.407. The van der Waals surface area contributed by atoms with Gasteiger partial charge in [-0.25, -0.2) is 0 Å². The minimum absolute atomic E-state index is 0.278. The van der Waals surface area contributed by atoms with Gasteiger partial charge in [0.25, 0.3) is 0 Å². The molecule has 4 aromatic rings. The Labute approximate surface area is 164 Å². The number of anilines is 1. The van der Waals surface area contributed by atoms with Crippen LogP contribution in [0.4, 0.5) is 5.69 Å².